The van der Waals surface area contributed by atoms with E-state index < -0.39 is 25.8 Å². The predicted octanol–water partition coefficient (Wildman–Crippen LogP) is 0.421. The Morgan fingerprint density at radius 2 is 1.56 bits per heavy atom. The van der Waals surface area contributed by atoms with Crippen molar-refractivity contribution in [2.24, 2.45) is 5.73 Å². The summed E-state index contributed by atoms with van der Waals surface area (Å²) in [4.78, 5) is 36.5. The van der Waals surface area contributed by atoms with Gasteiger partial charge < -0.3 is 30.4 Å². The Bertz CT molecular complexity index is 543. The second-order valence-corrected chi connectivity index (χ2v) is 8.58. The topological polar surface area (TPSA) is 161 Å². The number of nitrogens with two attached hydrogens (primary N) is 1. The smallest absolute Gasteiger partial charge is 0.362 e. The van der Waals surface area contributed by atoms with E-state index in [2.05, 4.69) is 0 Å². The molecular formula is C7H10INO7P2. The molecule has 7 N–H and O–H groups in total. The summed E-state index contributed by atoms with van der Waals surface area (Å²) in [5, 5.41) is 6.15. The van der Waals surface area contributed by atoms with Gasteiger partial charge in [-0.15, -0.1) is 0 Å². The van der Waals surface area contributed by atoms with E-state index >= 15 is 0 Å². The highest BCUT2D eigenvalue weighted by atomic mass is 127. The highest BCUT2D eigenvalue weighted by molar-refractivity contribution is 14.1. The van der Waals surface area contributed by atoms with Crippen molar-refractivity contribution >= 4 is 37.8 Å². The van der Waals surface area contributed by atoms with Crippen LogP contribution >= 0.6 is 37.8 Å². The Morgan fingerprint density at radius 3 is 1.89 bits per heavy atom. The summed E-state index contributed by atoms with van der Waals surface area (Å²) >= 11 is 1.63. The molecule has 11 heteroatoms. The van der Waals surface area contributed by atoms with Crippen LogP contribution in [0.1, 0.15) is 5.56 Å². The first-order valence-corrected chi connectivity index (χ1v) is 8.61. The molecule has 0 spiro atoms. The zero-order valence-corrected chi connectivity index (χ0v) is 12.6. The third-order valence-corrected chi connectivity index (χ3v) is 6.98. The third kappa shape index (κ3) is 2.63. The fourth-order valence-corrected chi connectivity index (χ4v) is 4.07. The summed E-state index contributed by atoms with van der Waals surface area (Å²) in [5.74, 6) is -0.196. The van der Waals surface area contributed by atoms with Crippen LogP contribution in [0, 0.1) is 3.57 Å². The van der Waals surface area contributed by atoms with Gasteiger partial charge in [-0.3, -0.25) is 9.13 Å². The van der Waals surface area contributed by atoms with Crippen LogP contribution < -0.4 is 5.73 Å². The second kappa shape index (κ2) is 4.84. The molecule has 8 nitrogen and oxygen atoms in total. The molecule has 0 atom stereocenters. The molecule has 0 unspecified atom stereocenters. The summed E-state index contributed by atoms with van der Waals surface area (Å²) < 4.78 is 22.8. The van der Waals surface area contributed by atoms with Gasteiger partial charge in [0.1, 0.15) is 5.75 Å². The van der Waals surface area contributed by atoms with E-state index in [9.17, 15) is 14.2 Å². The Hall–Kier alpha value is 0.01000. The standard InChI is InChI=1S/C7H10INO7P2/c8-5-3-4(1-2-6(5)10)7(9,17(11,12)13)18(14,15)16/h1-3,10H,9H2,(H2,11,12,13)(H2,14,15,16). The molecule has 0 aliphatic carbocycles. The van der Waals surface area contributed by atoms with Gasteiger partial charge in [0.15, 0.2) is 0 Å². The number of benzene rings is 1. The number of hydrogen-bond acceptors (Lipinski definition) is 4. The monoisotopic (exact) mass is 409 g/mol. The summed E-state index contributed by atoms with van der Waals surface area (Å²) in [5.41, 5.74) is 4.83. The van der Waals surface area contributed by atoms with Gasteiger partial charge in [0.05, 0.1) is 3.57 Å². The molecule has 0 radical (unpaired) electrons. The van der Waals surface area contributed by atoms with Crippen molar-refractivity contribution in [3.05, 3.63) is 27.3 Å². The predicted molar refractivity (Wildman–Crippen MR) is 70.8 cm³/mol. The molecule has 0 fully saturated rings. The van der Waals surface area contributed by atoms with Crippen LogP contribution in [0.4, 0.5) is 0 Å². The van der Waals surface area contributed by atoms with Crippen molar-refractivity contribution < 1.29 is 33.8 Å². The summed E-state index contributed by atoms with van der Waals surface area (Å²) in [6, 6.07) is 3.01. The van der Waals surface area contributed by atoms with Gasteiger partial charge >= 0.3 is 15.2 Å². The van der Waals surface area contributed by atoms with Crippen LogP contribution in [0.15, 0.2) is 18.2 Å². The van der Waals surface area contributed by atoms with Gasteiger partial charge in [0, 0.05) is 0 Å². The van der Waals surface area contributed by atoms with Crippen molar-refractivity contribution in [1.29, 1.82) is 0 Å². The molecule has 0 aliphatic heterocycles. The first kappa shape index (κ1) is 16.1. The Morgan fingerprint density at radius 1 is 1.11 bits per heavy atom. The molecule has 0 bridgehead atoms. The number of rotatable bonds is 3. The van der Waals surface area contributed by atoms with Gasteiger partial charge in [-0.05, 0) is 40.3 Å². The zero-order valence-electron chi connectivity index (χ0n) is 8.63. The maximum atomic E-state index is 11.3. The normalized spacial score (nSPS) is 13.7. The number of phenols is 1. The van der Waals surface area contributed by atoms with Gasteiger partial charge in [-0.25, -0.2) is 0 Å². The van der Waals surface area contributed by atoms with E-state index in [4.69, 9.17) is 25.3 Å². The van der Waals surface area contributed by atoms with Crippen molar-refractivity contribution in [2.45, 2.75) is 5.02 Å². The van der Waals surface area contributed by atoms with E-state index in [-0.39, 0.29) is 9.32 Å². The highest BCUT2D eigenvalue weighted by Gasteiger charge is 2.58. The number of hydrogen-bond donors (Lipinski definition) is 6. The van der Waals surface area contributed by atoms with Crippen LogP contribution in [0.5, 0.6) is 5.75 Å². The first-order valence-electron chi connectivity index (χ1n) is 4.30. The number of halogens is 1. The molecule has 0 aromatic heterocycles. The first-order chi connectivity index (χ1) is 7.91. The molecule has 0 heterocycles. The lowest BCUT2D eigenvalue weighted by Crippen LogP contribution is -2.36. The maximum Gasteiger partial charge on any atom is 0.362 e. The maximum absolute atomic E-state index is 11.3. The average Bonchev–Trinajstić information content (AvgIpc) is 2.17. The SMILES string of the molecule is NC(c1ccc(O)c(I)c1)(P(=O)(O)O)P(=O)(O)O. The van der Waals surface area contributed by atoms with Crippen LogP contribution in [0.2, 0.25) is 0 Å². The van der Waals surface area contributed by atoms with Crippen molar-refractivity contribution in [3.63, 3.8) is 0 Å². The van der Waals surface area contributed by atoms with Gasteiger partial charge in [-0.1, -0.05) is 6.07 Å². The summed E-state index contributed by atoms with van der Waals surface area (Å²) in [6.07, 6.45) is 0. The largest absolute Gasteiger partial charge is 0.507 e. The minimum Gasteiger partial charge on any atom is -0.507 e. The Balaban J connectivity index is 3.61. The summed E-state index contributed by atoms with van der Waals surface area (Å²) in [7, 11) is -10.7. The molecule has 0 saturated heterocycles. The molecule has 1 rings (SSSR count). The average molecular weight is 409 g/mol. The third-order valence-electron chi connectivity index (χ3n) is 2.26. The van der Waals surface area contributed by atoms with Crippen molar-refractivity contribution in [2.75, 3.05) is 0 Å². The molecule has 0 aliphatic rings. The van der Waals surface area contributed by atoms with E-state index in [1.165, 1.54) is 0 Å². The van der Waals surface area contributed by atoms with E-state index in [0.717, 1.165) is 18.2 Å². The van der Waals surface area contributed by atoms with E-state index in [0.29, 0.717) is 0 Å². The fraction of sp³-hybridized carbons (Fsp3) is 0.143. The highest BCUT2D eigenvalue weighted by Crippen LogP contribution is 2.71. The molecular weight excluding hydrogens is 399 g/mol. The summed E-state index contributed by atoms with van der Waals surface area (Å²) in [6.45, 7) is 0. The van der Waals surface area contributed by atoms with E-state index in [1.807, 2.05) is 0 Å². The van der Waals surface area contributed by atoms with Gasteiger partial charge in [0.2, 0.25) is 5.02 Å². The van der Waals surface area contributed by atoms with Crippen LogP contribution in [0.3, 0.4) is 0 Å². The molecule has 0 saturated carbocycles. The lowest BCUT2D eigenvalue weighted by molar-refractivity contribution is 0.310. The van der Waals surface area contributed by atoms with Gasteiger partial charge in [-0.2, -0.15) is 0 Å². The lowest BCUT2D eigenvalue weighted by Gasteiger charge is -2.31. The number of phenolic OH excluding ortho intramolecular Hbond substituents is 1. The van der Waals surface area contributed by atoms with Gasteiger partial charge in [0.25, 0.3) is 0 Å². The van der Waals surface area contributed by atoms with Crippen molar-refractivity contribution in [1.82, 2.24) is 0 Å². The molecule has 0 amide bonds. The molecule has 1 aromatic rings. The minimum absolute atomic E-state index is 0.154. The quantitative estimate of drug-likeness (QED) is 0.309. The second-order valence-electron chi connectivity index (χ2n) is 3.48. The minimum atomic E-state index is -5.34. The molecule has 1 aromatic carbocycles. The molecule has 18 heavy (non-hydrogen) atoms. The Kier molecular flexibility index (Phi) is 4.32. The lowest BCUT2D eigenvalue weighted by atomic mass is 10.2. The fourth-order valence-electron chi connectivity index (χ4n) is 1.24. The van der Waals surface area contributed by atoms with Crippen LogP contribution in [0.25, 0.3) is 0 Å². The van der Waals surface area contributed by atoms with Crippen LogP contribution in [-0.2, 0) is 14.2 Å². The van der Waals surface area contributed by atoms with Crippen LogP contribution in [-0.4, -0.2) is 24.7 Å². The number of aromatic hydroxyl groups is 1. The zero-order chi connectivity index (χ0) is 14.4. The van der Waals surface area contributed by atoms with Crippen molar-refractivity contribution in [3.8, 4) is 5.75 Å². The Labute approximate surface area is 115 Å². The molecule has 102 valence electrons. The van der Waals surface area contributed by atoms with E-state index in [1.54, 1.807) is 22.6 Å².